The molecular formula is C23H21Cl2F3N2O3S. The first-order chi connectivity index (χ1) is 15.9. The molecule has 1 aromatic heterocycles. The van der Waals surface area contributed by atoms with Crippen LogP contribution in [0.4, 0.5) is 13.2 Å². The lowest BCUT2D eigenvalue weighted by atomic mass is 9.86. The summed E-state index contributed by atoms with van der Waals surface area (Å²) in [6.07, 6.45) is -4.41. The molecule has 2 N–H and O–H groups in total. The van der Waals surface area contributed by atoms with Gasteiger partial charge in [0.25, 0.3) is 5.69 Å². The van der Waals surface area contributed by atoms with Gasteiger partial charge in [-0.2, -0.15) is 18.2 Å². The fourth-order valence-electron chi connectivity index (χ4n) is 3.11. The number of halogens is 5. The molecule has 34 heavy (non-hydrogen) atoms. The van der Waals surface area contributed by atoms with Crippen molar-refractivity contribution in [3.63, 3.8) is 0 Å². The van der Waals surface area contributed by atoms with Crippen LogP contribution in [0.15, 0.2) is 54.0 Å². The van der Waals surface area contributed by atoms with Crippen LogP contribution < -0.4 is 15.4 Å². The van der Waals surface area contributed by atoms with Crippen molar-refractivity contribution in [3.05, 3.63) is 85.8 Å². The number of thiazole rings is 1. The number of benzene rings is 2. The number of aromatic amines is 1. The maximum absolute atomic E-state index is 12.6. The van der Waals surface area contributed by atoms with Gasteiger partial charge in [-0.25, -0.2) is 0 Å². The van der Waals surface area contributed by atoms with E-state index in [0.29, 0.717) is 15.7 Å². The largest absolute Gasteiger partial charge is 0.542 e. The molecule has 1 heterocycles. The van der Waals surface area contributed by atoms with Crippen molar-refractivity contribution < 1.29 is 32.9 Å². The number of alkyl halides is 3. The highest BCUT2D eigenvalue weighted by molar-refractivity contribution is 7.09. The molecule has 182 valence electrons. The van der Waals surface area contributed by atoms with E-state index >= 15 is 0 Å². The van der Waals surface area contributed by atoms with Crippen LogP contribution >= 0.6 is 34.5 Å². The van der Waals surface area contributed by atoms with Gasteiger partial charge in [-0.1, -0.05) is 58.8 Å². The number of aromatic nitrogens is 1. The van der Waals surface area contributed by atoms with Gasteiger partial charge >= 0.3 is 12.1 Å². The summed E-state index contributed by atoms with van der Waals surface area (Å²) in [5.74, 6) is -2.99. The lowest BCUT2D eigenvalue weighted by molar-refractivity contribution is -0.375. The Hall–Kier alpha value is -2.62. The standard InChI is InChI=1S/C21H20Cl2N2OS.C2HF3O2/c1-13(25-21(26)20-14(2)27-12-24-20)19(16-5-9-18(23)10-6-16)11-15-3-7-17(22)8-4-15;3-2(4,5)1(6)7/h3-10,12-13,19H,11H2,1-2H3,(H,25,26);(H,6,7)/t13-,19+;/m1./s1. The lowest BCUT2D eigenvalue weighted by Gasteiger charge is -2.25. The van der Waals surface area contributed by atoms with E-state index in [4.69, 9.17) is 33.1 Å². The van der Waals surface area contributed by atoms with E-state index in [1.54, 1.807) is 0 Å². The molecule has 0 saturated heterocycles. The molecule has 0 fully saturated rings. The summed E-state index contributed by atoms with van der Waals surface area (Å²) in [6, 6.07) is 15.6. The van der Waals surface area contributed by atoms with Crippen LogP contribution in [0, 0.1) is 6.92 Å². The van der Waals surface area contributed by atoms with Gasteiger partial charge < -0.3 is 15.2 Å². The Labute approximate surface area is 208 Å². The summed E-state index contributed by atoms with van der Waals surface area (Å²) >= 11 is 13.6. The second kappa shape index (κ2) is 12.2. The van der Waals surface area contributed by atoms with Gasteiger partial charge in [0.1, 0.15) is 5.97 Å². The first-order valence-electron chi connectivity index (χ1n) is 9.93. The molecule has 5 nitrogen and oxygen atoms in total. The molecule has 2 atom stereocenters. The average molecular weight is 533 g/mol. The van der Waals surface area contributed by atoms with Crippen LogP contribution in [0.1, 0.15) is 39.3 Å². The number of hydrogen-bond acceptors (Lipinski definition) is 4. The fraction of sp³-hybridized carbons (Fsp3) is 0.261. The quantitative estimate of drug-likeness (QED) is 0.502. The zero-order valence-corrected chi connectivity index (χ0v) is 20.4. The topological polar surface area (TPSA) is 83.4 Å². The lowest BCUT2D eigenvalue weighted by Crippen LogP contribution is -2.39. The molecule has 3 rings (SSSR count). The molecule has 1 amide bonds. The van der Waals surface area contributed by atoms with Crippen molar-refractivity contribution in [3.8, 4) is 0 Å². The minimum Gasteiger partial charge on any atom is -0.542 e. The monoisotopic (exact) mass is 532 g/mol. The van der Waals surface area contributed by atoms with E-state index in [0.717, 1.165) is 16.9 Å². The number of aliphatic carboxylic acids is 1. The number of carbonyl (C=O) groups is 2. The van der Waals surface area contributed by atoms with Gasteiger partial charge in [0, 0.05) is 22.0 Å². The third kappa shape index (κ3) is 8.30. The number of carbonyl (C=O) groups excluding carboxylic acids is 2. The molecule has 3 aromatic rings. The van der Waals surface area contributed by atoms with Crippen LogP contribution in [0.25, 0.3) is 0 Å². The third-order valence-corrected chi connectivity index (χ3v) is 6.18. The molecule has 0 aliphatic heterocycles. The van der Waals surface area contributed by atoms with Crippen LogP contribution in [0.2, 0.25) is 10.0 Å². The van der Waals surface area contributed by atoms with Crippen molar-refractivity contribution >= 4 is 46.4 Å². The van der Waals surface area contributed by atoms with Crippen LogP contribution in [-0.2, 0) is 11.2 Å². The van der Waals surface area contributed by atoms with Crippen LogP contribution in [0.3, 0.4) is 0 Å². The molecule has 0 saturated carbocycles. The second-order valence-electron chi connectivity index (χ2n) is 7.35. The zero-order valence-electron chi connectivity index (χ0n) is 18.1. The van der Waals surface area contributed by atoms with Crippen molar-refractivity contribution in [2.45, 2.75) is 38.4 Å². The summed E-state index contributed by atoms with van der Waals surface area (Å²) in [5.41, 5.74) is 4.74. The number of carboxylic acids is 1. The van der Waals surface area contributed by atoms with E-state index in [1.807, 2.05) is 67.9 Å². The molecule has 2 aromatic carbocycles. The van der Waals surface area contributed by atoms with Gasteiger partial charge in [-0.15, -0.1) is 0 Å². The highest BCUT2D eigenvalue weighted by Crippen LogP contribution is 2.27. The second-order valence-corrected chi connectivity index (χ2v) is 9.30. The minimum absolute atomic E-state index is 0.0675. The predicted octanol–water partition coefficient (Wildman–Crippen LogP) is 4.62. The molecular weight excluding hydrogens is 512 g/mol. The molecule has 0 spiro atoms. The van der Waals surface area contributed by atoms with Crippen molar-refractivity contribution in [1.82, 2.24) is 5.32 Å². The highest BCUT2D eigenvalue weighted by Gasteiger charge is 2.29. The number of amides is 1. The van der Waals surface area contributed by atoms with Crippen LogP contribution in [-0.4, -0.2) is 24.1 Å². The Morgan fingerprint density at radius 2 is 1.56 bits per heavy atom. The number of rotatable bonds is 6. The summed E-state index contributed by atoms with van der Waals surface area (Å²) in [7, 11) is 0. The van der Waals surface area contributed by atoms with Gasteiger partial charge in [0.2, 0.25) is 5.51 Å². The molecule has 0 aliphatic rings. The Bertz CT molecular complexity index is 1100. The molecule has 0 unspecified atom stereocenters. The Morgan fingerprint density at radius 1 is 1.06 bits per heavy atom. The molecule has 0 bridgehead atoms. The van der Waals surface area contributed by atoms with E-state index in [9.17, 15) is 18.0 Å². The van der Waals surface area contributed by atoms with Crippen molar-refractivity contribution in [2.75, 3.05) is 0 Å². The number of aryl methyl sites for hydroxylation is 1. The maximum atomic E-state index is 12.6. The third-order valence-electron chi connectivity index (χ3n) is 4.88. The van der Waals surface area contributed by atoms with Gasteiger partial charge in [0.05, 0.1) is 4.88 Å². The first-order valence-corrected chi connectivity index (χ1v) is 11.6. The van der Waals surface area contributed by atoms with Crippen molar-refractivity contribution in [2.24, 2.45) is 0 Å². The summed E-state index contributed by atoms with van der Waals surface area (Å²) in [5, 5.41) is 13.3. The Kier molecular flexibility index (Phi) is 9.90. The fourth-order valence-corrected chi connectivity index (χ4v) is 3.99. The van der Waals surface area contributed by atoms with Gasteiger partial charge in [-0.05, 0) is 55.7 Å². The normalized spacial score (nSPS) is 12.8. The summed E-state index contributed by atoms with van der Waals surface area (Å²) in [6.45, 7) is 3.97. The SMILES string of the molecule is Cc1sc[nH+]c1C(=O)N[C@H](C)[C@H](Cc1ccc(Cl)cc1)c1ccc(Cl)cc1.O=C([O-])C(F)(F)F. The summed E-state index contributed by atoms with van der Waals surface area (Å²) < 4.78 is 31.5. The van der Waals surface area contributed by atoms with E-state index in [2.05, 4.69) is 10.3 Å². The number of nitrogens with one attached hydrogen (secondary N) is 2. The Balaban J connectivity index is 0.000000509. The maximum Gasteiger partial charge on any atom is 0.430 e. The first kappa shape index (κ1) is 27.6. The van der Waals surface area contributed by atoms with Gasteiger partial charge in [0.15, 0.2) is 0 Å². The molecule has 0 aliphatic carbocycles. The van der Waals surface area contributed by atoms with Crippen LogP contribution in [0.5, 0.6) is 0 Å². The zero-order chi connectivity index (χ0) is 25.5. The number of hydrogen-bond donors (Lipinski definition) is 1. The minimum atomic E-state index is -5.19. The predicted molar refractivity (Wildman–Crippen MR) is 123 cm³/mol. The van der Waals surface area contributed by atoms with E-state index in [1.165, 1.54) is 16.9 Å². The van der Waals surface area contributed by atoms with E-state index < -0.39 is 12.1 Å². The Morgan fingerprint density at radius 3 is 2.00 bits per heavy atom. The molecule has 11 heteroatoms. The van der Waals surface area contributed by atoms with Crippen molar-refractivity contribution in [1.29, 1.82) is 0 Å². The highest BCUT2D eigenvalue weighted by atomic mass is 35.5. The molecule has 0 radical (unpaired) electrons. The summed E-state index contributed by atoms with van der Waals surface area (Å²) in [4.78, 5) is 25.4. The number of carboxylic acid groups (broad SMARTS) is 1. The smallest absolute Gasteiger partial charge is 0.430 e. The number of H-pyrrole nitrogens is 1. The van der Waals surface area contributed by atoms with E-state index in [-0.39, 0.29) is 17.9 Å². The van der Waals surface area contributed by atoms with Gasteiger partial charge in [-0.3, -0.25) is 4.79 Å². The average Bonchev–Trinajstić information content (AvgIpc) is 3.20.